The number of H-pyrrole nitrogens is 1. The van der Waals surface area contributed by atoms with Crippen LogP contribution in [0.3, 0.4) is 0 Å². The highest BCUT2D eigenvalue weighted by molar-refractivity contribution is 5.92. The number of carboxylic acids is 1. The van der Waals surface area contributed by atoms with Crippen LogP contribution in [0.1, 0.15) is 34.1 Å². The van der Waals surface area contributed by atoms with Gasteiger partial charge in [-0.15, -0.1) is 5.10 Å². The standard InChI is InChI=1S/C24H21N5O5/c30-21(25-14-10-9-13(11-14)22(31)32)20-26-23(29-28-20)27-24(33)34-12-19-17-7-3-1-5-15(17)16-6-2-4-8-18(16)19/h1-10,13-14,19H,11-12H2,(H,25,30)(H,31,32)(H2,26,27,28,29,33). The predicted octanol–water partition coefficient (Wildman–Crippen LogP) is 2.92. The number of amides is 2. The Kier molecular flexibility index (Phi) is 5.54. The Morgan fingerprint density at radius 3 is 2.35 bits per heavy atom. The van der Waals surface area contributed by atoms with Gasteiger partial charge in [0.15, 0.2) is 0 Å². The molecule has 172 valence electrons. The van der Waals surface area contributed by atoms with E-state index in [1.54, 1.807) is 6.08 Å². The van der Waals surface area contributed by atoms with E-state index in [0.29, 0.717) is 0 Å². The zero-order valence-corrected chi connectivity index (χ0v) is 17.9. The number of nitrogens with one attached hydrogen (secondary N) is 3. The smallest absolute Gasteiger partial charge is 0.414 e. The summed E-state index contributed by atoms with van der Waals surface area (Å²) >= 11 is 0. The van der Waals surface area contributed by atoms with Gasteiger partial charge in [-0.2, -0.15) is 4.98 Å². The van der Waals surface area contributed by atoms with E-state index >= 15 is 0 Å². The number of carbonyl (C=O) groups is 3. The van der Waals surface area contributed by atoms with Crippen LogP contribution in [0.5, 0.6) is 0 Å². The zero-order valence-electron chi connectivity index (χ0n) is 17.9. The Bertz CT molecular complexity index is 1250. The number of anilines is 1. The number of aromatic amines is 1. The van der Waals surface area contributed by atoms with Crippen LogP contribution in [-0.4, -0.2) is 50.9 Å². The first-order valence-corrected chi connectivity index (χ1v) is 10.8. The molecule has 2 aliphatic rings. The molecule has 2 atom stereocenters. The van der Waals surface area contributed by atoms with Gasteiger partial charge in [0, 0.05) is 12.0 Å². The summed E-state index contributed by atoms with van der Waals surface area (Å²) in [5.41, 5.74) is 4.45. The van der Waals surface area contributed by atoms with Crippen LogP contribution in [0.25, 0.3) is 11.1 Å². The highest BCUT2D eigenvalue weighted by Gasteiger charge is 2.29. The minimum atomic E-state index is -0.942. The van der Waals surface area contributed by atoms with Gasteiger partial charge in [-0.05, 0) is 28.7 Å². The monoisotopic (exact) mass is 459 g/mol. The van der Waals surface area contributed by atoms with Crippen molar-refractivity contribution in [2.24, 2.45) is 5.92 Å². The molecule has 34 heavy (non-hydrogen) atoms. The number of nitrogens with zero attached hydrogens (tertiary/aromatic N) is 2. The second kappa shape index (κ2) is 8.81. The zero-order chi connectivity index (χ0) is 23.7. The third kappa shape index (κ3) is 4.13. The normalized spacial score (nSPS) is 18.2. The molecule has 0 aliphatic heterocycles. The summed E-state index contributed by atoms with van der Waals surface area (Å²) in [5, 5.41) is 20.4. The fourth-order valence-electron chi connectivity index (χ4n) is 4.37. The van der Waals surface area contributed by atoms with Crippen LogP contribution in [0, 0.1) is 5.92 Å². The van der Waals surface area contributed by atoms with E-state index in [1.165, 1.54) is 6.08 Å². The summed E-state index contributed by atoms with van der Waals surface area (Å²) in [4.78, 5) is 39.7. The Morgan fingerprint density at radius 1 is 1.03 bits per heavy atom. The number of hydrogen-bond donors (Lipinski definition) is 4. The van der Waals surface area contributed by atoms with E-state index < -0.39 is 29.9 Å². The molecule has 1 heterocycles. The van der Waals surface area contributed by atoms with E-state index in [0.717, 1.165) is 22.3 Å². The summed E-state index contributed by atoms with van der Waals surface area (Å²) in [6.07, 6.45) is 2.69. The summed E-state index contributed by atoms with van der Waals surface area (Å²) in [7, 11) is 0. The van der Waals surface area contributed by atoms with Gasteiger partial charge < -0.3 is 15.2 Å². The molecule has 0 radical (unpaired) electrons. The molecule has 0 fully saturated rings. The number of rotatable bonds is 6. The fraction of sp³-hybridized carbons (Fsp3) is 0.208. The highest BCUT2D eigenvalue weighted by Crippen LogP contribution is 2.44. The van der Waals surface area contributed by atoms with Gasteiger partial charge in [-0.25, -0.2) is 4.79 Å². The Labute approximate surface area is 194 Å². The van der Waals surface area contributed by atoms with Crippen molar-refractivity contribution in [3.8, 4) is 11.1 Å². The van der Waals surface area contributed by atoms with Gasteiger partial charge >= 0.3 is 12.1 Å². The molecule has 10 nitrogen and oxygen atoms in total. The number of fused-ring (bicyclic) bond motifs is 3. The second-order valence-electron chi connectivity index (χ2n) is 8.10. The molecule has 2 aliphatic carbocycles. The van der Waals surface area contributed by atoms with Gasteiger partial charge in [0.1, 0.15) is 6.61 Å². The Balaban J connectivity index is 1.17. The highest BCUT2D eigenvalue weighted by atomic mass is 16.5. The summed E-state index contributed by atoms with van der Waals surface area (Å²) in [6, 6.07) is 15.6. The lowest BCUT2D eigenvalue weighted by Crippen LogP contribution is -2.34. The van der Waals surface area contributed by atoms with Gasteiger partial charge in [-0.3, -0.25) is 20.0 Å². The molecule has 5 rings (SSSR count). The first-order chi connectivity index (χ1) is 16.5. The van der Waals surface area contributed by atoms with Crippen LogP contribution < -0.4 is 10.6 Å². The minimum absolute atomic E-state index is 0.0827. The van der Waals surface area contributed by atoms with E-state index in [9.17, 15) is 14.4 Å². The maximum Gasteiger partial charge on any atom is 0.414 e. The van der Waals surface area contributed by atoms with Crippen LogP contribution >= 0.6 is 0 Å². The van der Waals surface area contributed by atoms with Gasteiger partial charge in [0.25, 0.3) is 11.9 Å². The maximum absolute atomic E-state index is 12.4. The Morgan fingerprint density at radius 2 is 1.71 bits per heavy atom. The van der Waals surface area contributed by atoms with E-state index in [-0.39, 0.29) is 30.7 Å². The van der Waals surface area contributed by atoms with Crippen molar-refractivity contribution in [1.29, 1.82) is 0 Å². The van der Waals surface area contributed by atoms with Crippen molar-refractivity contribution >= 4 is 23.9 Å². The van der Waals surface area contributed by atoms with Crippen molar-refractivity contribution < 1.29 is 24.2 Å². The van der Waals surface area contributed by atoms with E-state index in [1.807, 2.05) is 36.4 Å². The topological polar surface area (TPSA) is 146 Å². The van der Waals surface area contributed by atoms with Crippen LogP contribution in [-0.2, 0) is 9.53 Å². The summed E-state index contributed by atoms with van der Waals surface area (Å²) < 4.78 is 5.45. The predicted molar refractivity (Wildman–Crippen MR) is 121 cm³/mol. The van der Waals surface area contributed by atoms with Crippen molar-refractivity contribution in [2.45, 2.75) is 18.4 Å². The maximum atomic E-state index is 12.4. The van der Waals surface area contributed by atoms with E-state index in [2.05, 4.69) is 37.9 Å². The number of hydrogen-bond acceptors (Lipinski definition) is 6. The molecule has 1 aromatic heterocycles. The lowest BCUT2D eigenvalue weighted by molar-refractivity contribution is -0.140. The quantitative estimate of drug-likeness (QED) is 0.415. The molecule has 0 bridgehead atoms. The fourth-order valence-corrected chi connectivity index (χ4v) is 4.37. The molecule has 2 aromatic carbocycles. The van der Waals surface area contributed by atoms with Gasteiger partial charge in [0.05, 0.1) is 5.92 Å². The largest absolute Gasteiger partial charge is 0.481 e. The lowest BCUT2D eigenvalue weighted by Gasteiger charge is -2.13. The molecule has 3 aromatic rings. The number of benzene rings is 2. The Hall–Kier alpha value is -4.47. The molecule has 10 heteroatoms. The average molecular weight is 459 g/mol. The molecule has 2 unspecified atom stereocenters. The van der Waals surface area contributed by atoms with Gasteiger partial charge in [0.2, 0.25) is 5.82 Å². The number of ether oxygens (including phenoxy) is 1. The third-order valence-electron chi connectivity index (χ3n) is 5.98. The molecule has 4 N–H and O–H groups in total. The number of aromatic nitrogens is 3. The summed E-state index contributed by atoms with van der Waals surface area (Å²) in [6.45, 7) is 0.135. The van der Waals surface area contributed by atoms with Crippen molar-refractivity contribution in [3.05, 3.63) is 77.6 Å². The van der Waals surface area contributed by atoms with Crippen LogP contribution in [0.15, 0.2) is 60.7 Å². The minimum Gasteiger partial charge on any atom is -0.481 e. The third-order valence-corrected chi connectivity index (χ3v) is 5.98. The SMILES string of the molecule is O=C(Nc1n[nH]c(C(=O)NC2C=CC(C(=O)O)C2)n1)OCC1c2ccccc2-c2ccccc21. The molecular weight excluding hydrogens is 438 g/mol. The summed E-state index contributed by atoms with van der Waals surface area (Å²) in [5.74, 6) is -2.43. The molecule has 0 spiro atoms. The number of carbonyl (C=O) groups excluding carboxylic acids is 2. The van der Waals surface area contributed by atoms with Crippen molar-refractivity contribution in [2.75, 3.05) is 11.9 Å². The number of carboxylic acid groups (broad SMARTS) is 1. The molecule has 2 amide bonds. The second-order valence-corrected chi connectivity index (χ2v) is 8.10. The van der Waals surface area contributed by atoms with Crippen LogP contribution in [0.2, 0.25) is 0 Å². The number of aliphatic carboxylic acids is 1. The first kappa shape index (κ1) is 21.4. The lowest BCUT2D eigenvalue weighted by atomic mass is 9.98. The first-order valence-electron chi connectivity index (χ1n) is 10.8. The van der Waals surface area contributed by atoms with Crippen molar-refractivity contribution in [1.82, 2.24) is 20.5 Å². The average Bonchev–Trinajstić information content (AvgIpc) is 3.56. The van der Waals surface area contributed by atoms with E-state index in [4.69, 9.17) is 9.84 Å². The van der Waals surface area contributed by atoms with Crippen LogP contribution in [0.4, 0.5) is 10.7 Å². The molecule has 0 saturated heterocycles. The molecule has 0 saturated carbocycles. The molecular formula is C24H21N5O5. The van der Waals surface area contributed by atoms with Crippen molar-refractivity contribution in [3.63, 3.8) is 0 Å². The van der Waals surface area contributed by atoms with Gasteiger partial charge in [-0.1, -0.05) is 60.7 Å².